The van der Waals surface area contributed by atoms with Crippen molar-refractivity contribution in [1.29, 1.82) is 0 Å². The second-order valence-electron chi connectivity index (χ2n) is 3.61. The summed E-state index contributed by atoms with van der Waals surface area (Å²) in [5.74, 6) is 0.863. The van der Waals surface area contributed by atoms with Crippen molar-refractivity contribution in [3.63, 3.8) is 0 Å². The molecule has 0 fully saturated rings. The van der Waals surface area contributed by atoms with Crippen molar-refractivity contribution >= 4 is 27.3 Å². The van der Waals surface area contributed by atoms with Crippen LogP contribution in [0.2, 0.25) is 0 Å². The summed E-state index contributed by atoms with van der Waals surface area (Å²) in [6, 6.07) is 9.92. The van der Waals surface area contributed by atoms with Crippen LogP contribution in [-0.2, 0) is 0 Å². The van der Waals surface area contributed by atoms with E-state index in [0.29, 0.717) is 6.61 Å². The minimum absolute atomic E-state index is 0.0833. The average Bonchev–Trinajstić information content (AvgIpc) is 2.82. The van der Waals surface area contributed by atoms with Crippen LogP contribution < -0.4 is 10.5 Å². The first-order chi connectivity index (χ1) is 8.22. The summed E-state index contributed by atoms with van der Waals surface area (Å²) >= 11 is 5.22. The minimum Gasteiger partial charge on any atom is -0.494 e. The van der Waals surface area contributed by atoms with Crippen LogP contribution in [0.4, 0.5) is 0 Å². The lowest BCUT2D eigenvalue weighted by atomic mass is 10.1. The van der Waals surface area contributed by atoms with Crippen LogP contribution in [0.3, 0.4) is 0 Å². The third-order valence-corrected chi connectivity index (χ3v) is 4.11. The highest BCUT2D eigenvalue weighted by Crippen LogP contribution is 2.31. The number of ether oxygens (including phenoxy) is 1. The molecule has 1 aromatic carbocycles. The van der Waals surface area contributed by atoms with E-state index in [0.717, 1.165) is 20.7 Å². The number of hydrogen-bond acceptors (Lipinski definition) is 3. The van der Waals surface area contributed by atoms with Crippen molar-refractivity contribution in [2.75, 3.05) is 6.61 Å². The van der Waals surface area contributed by atoms with Crippen LogP contribution in [0, 0.1) is 0 Å². The molecule has 0 saturated heterocycles. The Morgan fingerprint density at radius 1 is 1.41 bits per heavy atom. The molecule has 2 N–H and O–H groups in total. The molecule has 0 spiro atoms. The summed E-state index contributed by atoms with van der Waals surface area (Å²) in [6.07, 6.45) is 0. The number of hydrogen-bond donors (Lipinski definition) is 1. The van der Waals surface area contributed by atoms with Crippen LogP contribution in [0.15, 0.2) is 40.2 Å². The number of thiophene rings is 1. The monoisotopic (exact) mass is 311 g/mol. The third-order valence-electron chi connectivity index (χ3n) is 2.47. The Balaban J connectivity index is 2.27. The largest absolute Gasteiger partial charge is 0.494 e. The van der Waals surface area contributed by atoms with Gasteiger partial charge in [-0.05, 0) is 36.1 Å². The molecule has 2 aromatic rings. The Hall–Kier alpha value is -0.840. The second kappa shape index (κ2) is 5.67. The SMILES string of the molecule is CCOc1ccc(C(N)c2cccs2)c(Br)c1. The molecule has 1 unspecified atom stereocenters. The van der Waals surface area contributed by atoms with Crippen LogP contribution in [0.1, 0.15) is 23.4 Å². The van der Waals surface area contributed by atoms with Gasteiger partial charge in [-0.3, -0.25) is 0 Å². The second-order valence-corrected chi connectivity index (χ2v) is 5.44. The summed E-state index contributed by atoms with van der Waals surface area (Å²) in [7, 11) is 0. The molecule has 1 atom stereocenters. The lowest BCUT2D eigenvalue weighted by Gasteiger charge is -2.13. The van der Waals surface area contributed by atoms with Crippen molar-refractivity contribution in [2.24, 2.45) is 5.73 Å². The van der Waals surface area contributed by atoms with Gasteiger partial charge in [0.05, 0.1) is 12.6 Å². The van der Waals surface area contributed by atoms with Crippen LogP contribution in [-0.4, -0.2) is 6.61 Å². The Kier molecular flexibility index (Phi) is 4.20. The Morgan fingerprint density at radius 3 is 2.82 bits per heavy atom. The normalized spacial score (nSPS) is 12.4. The molecule has 17 heavy (non-hydrogen) atoms. The quantitative estimate of drug-likeness (QED) is 0.927. The van der Waals surface area contributed by atoms with Gasteiger partial charge in [-0.2, -0.15) is 0 Å². The molecule has 90 valence electrons. The number of halogens is 1. The maximum Gasteiger partial charge on any atom is 0.120 e. The maximum atomic E-state index is 6.23. The van der Waals surface area contributed by atoms with Gasteiger partial charge in [0.1, 0.15) is 5.75 Å². The molecule has 0 amide bonds. The molecular formula is C13H14BrNOS. The van der Waals surface area contributed by atoms with Crippen LogP contribution in [0.25, 0.3) is 0 Å². The fourth-order valence-corrected chi connectivity index (χ4v) is 2.99. The van der Waals surface area contributed by atoms with Crippen LogP contribution in [0.5, 0.6) is 5.75 Å². The molecule has 2 rings (SSSR count). The third kappa shape index (κ3) is 2.89. The van der Waals surface area contributed by atoms with E-state index in [9.17, 15) is 0 Å². The van der Waals surface area contributed by atoms with Crippen molar-refractivity contribution in [2.45, 2.75) is 13.0 Å². The maximum absolute atomic E-state index is 6.23. The van der Waals surface area contributed by atoms with Crippen molar-refractivity contribution in [1.82, 2.24) is 0 Å². The number of rotatable bonds is 4. The number of nitrogens with two attached hydrogens (primary N) is 1. The Bertz CT molecular complexity index is 484. The summed E-state index contributed by atoms with van der Waals surface area (Å²) < 4.78 is 6.43. The van der Waals surface area contributed by atoms with Gasteiger partial charge in [0.15, 0.2) is 0 Å². The lowest BCUT2D eigenvalue weighted by molar-refractivity contribution is 0.340. The van der Waals surface area contributed by atoms with E-state index < -0.39 is 0 Å². The molecule has 2 nitrogen and oxygen atoms in total. The van der Waals surface area contributed by atoms with Gasteiger partial charge in [-0.25, -0.2) is 0 Å². The molecule has 1 aromatic heterocycles. The summed E-state index contributed by atoms with van der Waals surface area (Å²) in [6.45, 7) is 2.64. The van der Waals surface area contributed by atoms with Gasteiger partial charge >= 0.3 is 0 Å². The molecule has 0 aliphatic carbocycles. The molecule has 0 radical (unpaired) electrons. The van der Waals surface area contributed by atoms with Crippen LogP contribution >= 0.6 is 27.3 Å². The fourth-order valence-electron chi connectivity index (χ4n) is 1.64. The molecule has 0 bridgehead atoms. The predicted molar refractivity (Wildman–Crippen MR) is 75.7 cm³/mol. The predicted octanol–water partition coefficient (Wildman–Crippen LogP) is 3.96. The van der Waals surface area contributed by atoms with E-state index in [4.69, 9.17) is 10.5 Å². The molecule has 0 aliphatic heterocycles. The standard InChI is InChI=1S/C13H14BrNOS/c1-2-16-9-5-6-10(11(14)8-9)13(15)12-4-3-7-17-12/h3-8,13H,2,15H2,1H3. The first kappa shape index (κ1) is 12.6. The van der Waals surface area contributed by atoms with Gasteiger partial charge in [-0.15, -0.1) is 11.3 Å². The zero-order valence-electron chi connectivity index (χ0n) is 9.52. The van der Waals surface area contributed by atoms with E-state index in [1.165, 1.54) is 0 Å². The summed E-state index contributed by atoms with van der Waals surface area (Å²) in [5.41, 5.74) is 7.30. The van der Waals surface area contributed by atoms with Crippen molar-refractivity contribution in [3.05, 3.63) is 50.6 Å². The minimum atomic E-state index is -0.0833. The Labute approximate surface area is 114 Å². The van der Waals surface area contributed by atoms with Gasteiger partial charge in [0.25, 0.3) is 0 Å². The van der Waals surface area contributed by atoms with E-state index in [1.807, 2.05) is 36.6 Å². The molecular weight excluding hydrogens is 298 g/mol. The van der Waals surface area contributed by atoms with Gasteiger partial charge in [0, 0.05) is 9.35 Å². The lowest BCUT2D eigenvalue weighted by Crippen LogP contribution is -2.10. The topological polar surface area (TPSA) is 35.2 Å². The molecule has 0 aliphatic rings. The Morgan fingerprint density at radius 2 is 2.24 bits per heavy atom. The first-order valence-corrected chi connectivity index (χ1v) is 7.11. The zero-order chi connectivity index (χ0) is 12.3. The van der Waals surface area contributed by atoms with Gasteiger partial charge < -0.3 is 10.5 Å². The summed E-state index contributed by atoms with van der Waals surface area (Å²) in [5, 5.41) is 2.04. The highest BCUT2D eigenvalue weighted by Gasteiger charge is 2.13. The zero-order valence-corrected chi connectivity index (χ0v) is 11.9. The number of benzene rings is 1. The first-order valence-electron chi connectivity index (χ1n) is 5.43. The van der Waals surface area contributed by atoms with Crippen molar-refractivity contribution < 1.29 is 4.74 Å². The smallest absolute Gasteiger partial charge is 0.120 e. The van der Waals surface area contributed by atoms with Gasteiger partial charge in [-0.1, -0.05) is 28.1 Å². The van der Waals surface area contributed by atoms with E-state index in [1.54, 1.807) is 11.3 Å². The van der Waals surface area contributed by atoms with E-state index >= 15 is 0 Å². The molecule has 0 saturated carbocycles. The average molecular weight is 312 g/mol. The van der Waals surface area contributed by atoms with Gasteiger partial charge in [0.2, 0.25) is 0 Å². The highest BCUT2D eigenvalue weighted by atomic mass is 79.9. The molecule has 4 heteroatoms. The summed E-state index contributed by atoms with van der Waals surface area (Å²) in [4.78, 5) is 1.16. The van der Waals surface area contributed by atoms with E-state index in [2.05, 4.69) is 22.0 Å². The van der Waals surface area contributed by atoms with E-state index in [-0.39, 0.29) is 6.04 Å². The molecule has 1 heterocycles. The fraction of sp³-hybridized carbons (Fsp3) is 0.231. The van der Waals surface area contributed by atoms with Crippen molar-refractivity contribution in [3.8, 4) is 5.75 Å². The highest BCUT2D eigenvalue weighted by molar-refractivity contribution is 9.10.